The SMILES string of the molecule is O=C(c1ccn[nH]1)N1CC2OCCN(Cc3ccccc3)C2C1. The van der Waals surface area contributed by atoms with Crippen LogP contribution < -0.4 is 0 Å². The van der Waals surface area contributed by atoms with E-state index in [4.69, 9.17) is 4.74 Å². The summed E-state index contributed by atoms with van der Waals surface area (Å²) in [5.74, 6) is 0.000149. The number of amides is 1. The molecule has 1 N–H and O–H groups in total. The number of hydrogen-bond acceptors (Lipinski definition) is 4. The van der Waals surface area contributed by atoms with Crippen LogP contribution in [-0.4, -0.2) is 64.3 Å². The van der Waals surface area contributed by atoms with Gasteiger partial charge in [-0.15, -0.1) is 0 Å². The Balaban J connectivity index is 1.47. The van der Waals surface area contributed by atoms with Gasteiger partial charge in [-0.3, -0.25) is 14.8 Å². The van der Waals surface area contributed by atoms with Crippen LogP contribution in [-0.2, 0) is 11.3 Å². The van der Waals surface area contributed by atoms with E-state index in [2.05, 4.69) is 39.4 Å². The maximum Gasteiger partial charge on any atom is 0.272 e. The number of H-pyrrole nitrogens is 1. The minimum Gasteiger partial charge on any atom is -0.373 e. The number of morpholine rings is 1. The number of rotatable bonds is 3. The van der Waals surface area contributed by atoms with Gasteiger partial charge < -0.3 is 9.64 Å². The zero-order chi connectivity index (χ0) is 15.6. The lowest BCUT2D eigenvalue weighted by atomic mass is 10.1. The molecular formula is C17H20N4O2. The molecule has 1 amide bonds. The van der Waals surface area contributed by atoms with Crippen LogP contribution in [0.15, 0.2) is 42.6 Å². The molecule has 2 aliphatic rings. The van der Waals surface area contributed by atoms with Crippen molar-refractivity contribution in [3.63, 3.8) is 0 Å². The van der Waals surface area contributed by atoms with Gasteiger partial charge in [0, 0.05) is 32.4 Å². The topological polar surface area (TPSA) is 61.5 Å². The molecule has 2 aromatic rings. The number of aromatic nitrogens is 2. The Labute approximate surface area is 135 Å². The summed E-state index contributed by atoms with van der Waals surface area (Å²) in [6.07, 6.45) is 1.70. The number of benzene rings is 1. The molecule has 6 heteroatoms. The summed E-state index contributed by atoms with van der Waals surface area (Å²) < 4.78 is 5.91. The molecule has 4 rings (SSSR count). The van der Waals surface area contributed by atoms with Crippen molar-refractivity contribution in [2.75, 3.05) is 26.2 Å². The van der Waals surface area contributed by atoms with E-state index in [0.29, 0.717) is 18.8 Å². The average Bonchev–Trinajstić information content (AvgIpc) is 3.25. The fourth-order valence-corrected chi connectivity index (χ4v) is 3.48. The van der Waals surface area contributed by atoms with E-state index in [1.807, 2.05) is 11.0 Å². The Hall–Kier alpha value is -2.18. The summed E-state index contributed by atoms with van der Waals surface area (Å²) in [5, 5.41) is 6.61. The second kappa shape index (κ2) is 6.14. The molecule has 0 aliphatic carbocycles. The molecular weight excluding hydrogens is 292 g/mol. The Bertz CT molecular complexity index is 658. The first-order valence-electron chi connectivity index (χ1n) is 7.99. The van der Waals surface area contributed by atoms with Crippen LogP contribution >= 0.6 is 0 Å². The second-order valence-electron chi connectivity index (χ2n) is 6.11. The van der Waals surface area contributed by atoms with Crippen molar-refractivity contribution in [1.82, 2.24) is 20.0 Å². The van der Waals surface area contributed by atoms with Gasteiger partial charge in [-0.1, -0.05) is 30.3 Å². The van der Waals surface area contributed by atoms with Crippen molar-refractivity contribution in [2.45, 2.75) is 18.7 Å². The summed E-state index contributed by atoms with van der Waals surface area (Å²) in [5.41, 5.74) is 1.84. The molecule has 23 heavy (non-hydrogen) atoms. The monoisotopic (exact) mass is 312 g/mol. The Morgan fingerprint density at radius 3 is 2.91 bits per heavy atom. The van der Waals surface area contributed by atoms with Crippen LogP contribution in [0.1, 0.15) is 16.1 Å². The van der Waals surface area contributed by atoms with Crippen molar-refractivity contribution in [3.05, 3.63) is 53.9 Å². The lowest BCUT2D eigenvalue weighted by Gasteiger charge is -2.36. The maximum atomic E-state index is 12.5. The smallest absolute Gasteiger partial charge is 0.272 e. The molecule has 120 valence electrons. The van der Waals surface area contributed by atoms with Gasteiger partial charge in [0.2, 0.25) is 0 Å². The highest BCUT2D eigenvalue weighted by Crippen LogP contribution is 2.25. The third kappa shape index (κ3) is 2.87. The first kappa shape index (κ1) is 14.4. The predicted molar refractivity (Wildman–Crippen MR) is 84.9 cm³/mol. The Morgan fingerprint density at radius 1 is 1.26 bits per heavy atom. The van der Waals surface area contributed by atoms with Crippen LogP contribution in [0.4, 0.5) is 0 Å². The fourth-order valence-electron chi connectivity index (χ4n) is 3.48. The van der Waals surface area contributed by atoms with Gasteiger partial charge in [0.25, 0.3) is 5.91 Å². The summed E-state index contributed by atoms with van der Waals surface area (Å²) >= 11 is 0. The molecule has 3 heterocycles. The maximum absolute atomic E-state index is 12.5. The standard InChI is InChI=1S/C17H20N4O2/c22-17(14-6-7-18-19-14)21-11-15-16(12-21)23-9-8-20(15)10-13-4-2-1-3-5-13/h1-7,15-16H,8-12H2,(H,18,19). The van der Waals surface area contributed by atoms with Gasteiger partial charge in [0.1, 0.15) is 5.69 Å². The van der Waals surface area contributed by atoms with E-state index < -0.39 is 0 Å². The number of carbonyl (C=O) groups is 1. The highest BCUT2D eigenvalue weighted by molar-refractivity contribution is 5.92. The van der Waals surface area contributed by atoms with Crippen molar-refractivity contribution >= 4 is 5.91 Å². The van der Waals surface area contributed by atoms with Crippen molar-refractivity contribution in [1.29, 1.82) is 0 Å². The van der Waals surface area contributed by atoms with Gasteiger partial charge in [-0.05, 0) is 11.6 Å². The summed E-state index contributed by atoms with van der Waals surface area (Å²) in [6, 6.07) is 12.4. The number of fused-ring (bicyclic) bond motifs is 1. The molecule has 2 fully saturated rings. The normalized spacial score (nSPS) is 24.6. The van der Waals surface area contributed by atoms with E-state index in [-0.39, 0.29) is 18.1 Å². The third-order valence-electron chi connectivity index (χ3n) is 4.66. The quantitative estimate of drug-likeness (QED) is 0.923. The van der Waals surface area contributed by atoms with E-state index in [1.54, 1.807) is 12.3 Å². The number of carbonyl (C=O) groups excluding carboxylic acids is 1. The fraction of sp³-hybridized carbons (Fsp3) is 0.412. The molecule has 6 nitrogen and oxygen atoms in total. The molecule has 0 bridgehead atoms. The molecule has 1 aromatic heterocycles. The highest BCUT2D eigenvalue weighted by Gasteiger charge is 2.42. The number of ether oxygens (including phenoxy) is 1. The van der Waals surface area contributed by atoms with E-state index >= 15 is 0 Å². The van der Waals surface area contributed by atoms with Crippen LogP contribution in [0.2, 0.25) is 0 Å². The molecule has 2 saturated heterocycles. The number of nitrogens with zero attached hydrogens (tertiary/aromatic N) is 3. The summed E-state index contributed by atoms with van der Waals surface area (Å²) in [7, 11) is 0. The first-order valence-corrected chi connectivity index (χ1v) is 7.99. The highest BCUT2D eigenvalue weighted by atomic mass is 16.5. The van der Waals surface area contributed by atoms with Crippen LogP contribution in [0.5, 0.6) is 0 Å². The second-order valence-corrected chi connectivity index (χ2v) is 6.11. The molecule has 1 aromatic carbocycles. The molecule has 0 spiro atoms. The number of nitrogens with one attached hydrogen (secondary N) is 1. The average molecular weight is 312 g/mol. The van der Waals surface area contributed by atoms with Crippen LogP contribution in [0, 0.1) is 0 Å². The van der Waals surface area contributed by atoms with Crippen molar-refractivity contribution in [2.24, 2.45) is 0 Å². The van der Waals surface area contributed by atoms with E-state index in [0.717, 1.165) is 19.7 Å². The van der Waals surface area contributed by atoms with E-state index in [9.17, 15) is 4.79 Å². The lowest BCUT2D eigenvalue weighted by molar-refractivity contribution is -0.0503. The van der Waals surface area contributed by atoms with E-state index in [1.165, 1.54) is 5.56 Å². The van der Waals surface area contributed by atoms with Gasteiger partial charge in [-0.2, -0.15) is 5.10 Å². The molecule has 2 atom stereocenters. The Kier molecular flexibility index (Phi) is 3.85. The minimum absolute atomic E-state index is 0.000149. The number of aromatic amines is 1. The van der Waals surface area contributed by atoms with Gasteiger partial charge in [0.15, 0.2) is 0 Å². The molecule has 2 unspecified atom stereocenters. The zero-order valence-corrected chi connectivity index (χ0v) is 12.9. The van der Waals surface area contributed by atoms with Gasteiger partial charge in [0.05, 0.1) is 18.8 Å². The lowest BCUT2D eigenvalue weighted by Crippen LogP contribution is -2.50. The predicted octanol–water partition coefficient (Wildman–Crippen LogP) is 1.14. The van der Waals surface area contributed by atoms with Crippen LogP contribution in [0.3, 0.4) is 0 Å². The minimum atomic E-state index is 0.000149. The van der Waals surface area contributed by atoms with Crippen molar-refractivity contribution in [3.8, 4) is 0 Å². The van der Waals surface area contributed by atoms with Crippen LogP contribution in [0.25, 0.3) is 0 Å². The van der Waals surface area contributed by atoms with Crippen molar-refractivity contribution < 1.29 is 9.53 Å². The number of likely N-dealkylation sites (tertiary alicyclic amines) is 1. The first-order chi connectivity index (χ1) is 11.3. The zero-order valence-electron chi connectivity index (χ0n) is 12.9. The summed E-state index contributed by atoms with van der Waals surface area (Å²) in [6.45, 7) is 3.88. The third-order valence-corrected chi connectivity index (χ3v) is 4.66. The molecule has 2 aliphatic heterocycles. The van der Waals surface area contributed by atoms with Gasteiger partial charge >= 0.3 is 0 Å². The Morgan fingerprint density at radius 2 is 2.13 bits per heavy atom. The van der Waals surface area contributed by atoms with Gasteiger partial charge in [-0.25, -0.2) is 0 Å². The largest absolute Gasteiger partial charge is 0.373 e. The molecule has 0 radical (unpaired) electrons. The molecule has 0 saturated carbocycles. The summed E-state index contributed by atoms with van der Waals surface area (Å²) in [4.78, 5) is 16.8. The number of hydrogen-bond donors (Lipinski definition) is 1.